The van der Waals surface area contributed by atoms with Gasteiger partial charge in [-0.05, 0) is 49.6 Å². The zero-order chi connectivity index (χ0) is 22.8. The van der Waals surface area contributed by atoms with Crippen molar-refractivity contribution in [3.8, 4) is 5.69 Å². The van der Waals surface area contributed by atoms with E-state index in [2.05, 4.69) is 19.2 Å². The van der Waals surface area contributed by atoms with Gasteiger partial charge in [-0.2, -0.15) is 0 Å². The van der Waals surface area contributed by atoms with Crippen molar-refractivity contribution in [2.24, 2.45) is 5.92 Å². The predicted octanol–water partition coefficient (Wildman–Crippen LogP) is 5.24. The van der Waals surface area contributed by atoms with E-state index >= 15 is 0 Å². The number of carbonyl (C=O) groups excluding carboxylic acids is 1. The fraction of sp³-hybridized carbons (Fsp3) is 0.320. The summed E-state index contributed by atoms with van der Waals surface area (Å²) in [5.74, 6) is 0.112. The lowest BCUT2D eigenvalue weighted by Gasteiger charge is -2.14. The summed E-state index contributed by atoms with van der Waals surface area (Å²) in [7, 11) is 0. The van der Waals surface area contributed by atoms with E-state index in [9.17, 15) is 9.18 Å². The lowest BCUT2D eigenvalue weighted by atomic mass is 10.0. The van der Waals surface area contributed by atoms with E-state index in [-0.39, 0.29) is 23.3 Å². The second kappa shape index (κ2) is 8.94. The molecule has 0 spiro atoms. The Morgan fingerprint density at radius 1 is 1.06 bits per heavy atom. The van der Waals surface area contributed by atoms with Crippen LogP contribution in [0.4, 0.5) is 10.2 Å². The van der Waals surface area contributed by atoms with Gasteiger partial charge in [0, 0.05) is 6.04 Å². The molecular formula is C25H28FN5O. The van der Waals surface area contributed by atoms with Gasteiger partial charge in [-0.3, -0.25) is 9.36 Å². The van der Waals surface area contributed by atoms with E-state index < -0.39 is 5.82 Å². The topological polar surface area (TPSA) is 85.8 Å². The molecule has 0 fully saturated rings. The Balaban J connectivity index is 1.80. The van der Waals surface area contributed by atoms with Gasteiger partial charge in [0.1, 0.15) is 22.7 Å². The summed E-state index contributed by atoms with van der Waals surface area (Å²) in [6.07, 6.45) is 3.02. The number of fused-ring (bicyclic) bond motifs is 2. The van der Waals surface area contributed by atoms with Crippen molar-refractivity contribution in [1.29, 1.82) is 0 Å². The maximum atomic E-state index is 14.0. The molecule has 0 radical (unpaired) electrons. The Labute approximate surface area is 186 Å². The molecule has 1 atom stereocenters. The van der Waals surface area contributed by atoms with Crippen molar-refractivity contribution in [2.45, 2.75) is 46.1 Å². The molecule has 0 bridgehead atoms. The number of nitrogen functional groups attached to an aromatic ring is 1. The van der Waals surface area contributed by atoms with Crippen LogP contribution in [0.2, 0.25) is 0 Å². The summed E-state index contributed by atoms with van der Waals surface area (Å²) in [6, 6.07) is 13.5. The fourth-order valence-electron chi connectivity index (χ4n) is 3.96. The number of nitrogens with zero attached hydrogens (tertiary/aromatic N) is 3. The second-order valence-corrected chi connectivity index (χ2v) is 8.66. The number of anilines is 1. The number of para-hydroxylation sites is 2. The van der Waals surface area contributed by atoms with Crippen LogP contribution in [0.25, 0.3) is 27.9 Å². The molecule has 0 aliphatic rings. The predicted molar refractivity (Wildman–Crippen MR) is 126 cm³/mol. The highest BCUT2D eigenvalue weighted by molar-refractivity contribution is 6.11. The number of nitrogens with two attached hydrogens (primary N) is 1. The summed E-state index contributed by atoms with van der Waals surface area (Å²) in [4.78, 5) is 22.7. The molecule has 0 unspecified atom stereocenters. The number of carbonyl (C=O) groups is 1. The first kappa shape index (κ1) is 21.7. The van der Waals surface area contributed by atoms with Crippen molar-refractivity contribution in [3.05, 3.63) is 59.9 Å². The molecule has 2 aromatic heterocycles. The molecule has 0 aliphatic heterocycles. The third kappa shape index (κ3) is 4.28. The van der Waals surface area contributed by atoms with E-state index in [0.717, 1.165) is 19.3 Å². The molecule has 2 aromatic carbocycles. The number of benzene rings is 2. The Morgan fingerprint density at radius 3 is 2.47 bits per heavy atom. The molecule has 1 amide bonds. The number of halogens is 1. The second-order valence-electron chi connectivity index (χ2n) is 8.66. The van der Waals surface area contributed by atoms with Gasteiger partial charge in [0.05, 0.1) is 16.7 Å². The average molecular weight is 434 g/mol. The minimum Gasteiger partial charge on any atom is -0.384 e. The first-order chi connectivity index (χ1) is 15.3. The zero-order valence-electron chi connectivity index (χ0n) is 18.6. The molecule has 0 saturated carbocycles. The summed E-state index contributed by atoms with van der Waals surface area (Å²) >= 11 is 0. The van der Waals surface area contributed by atoms with Crippen LogP contribution < -0.4 is 11.1 Å². The minimum absolute atomic E-state index is 0.0124. The van der Waals surface area contributed by atoms with Crippen LogP contribution in [0, 0.1) is 11.7 Å². The summed E-state index contributed by atoms with van der Waals surface area (Å²) < 4.78 is 15.6. The molecule has 0 aliphatic carbocycles. The van der Waals surface area contributed by atoms with E-state index in [4.69, 9.17) is 15.7 Å². The molecule has 32 heavy (non-hydrogen) atoms. The van der Waals surface area contributed by atoms with Crippen LogP contribution in [0.5, 0.6) is 0 Å². The van der Waals surface area contributed by atoms with Crippen molar-refractivity contribution < 1.29 is 9.18 Å². The van der Waals surface area contributed by atoms with Gasteiger partial charge in [-0.25, -0.2) is 14.4 Å². The molecule has 4 rings (SSSR count). The first-order valence-electron chi connectivity index (χ1n) is 11.0. The maximum Gasteiger partial charge on any atom is 0.257 e. The number of hydrogen-bond donors (Lipinski definition) is 2. The lowest BCUT2D eigenvalue weighted by molar-refractivity contribution is 0.0940. The standard InChI is InChI=1S/C25H28FN5O/c1-15(2)8-6-9-16(3)28-25(32)21-22-24(30-20-13-5-4-12-19(20)29-22)31(23(21)27)18-11-7-10-17(26)14-18/h4-5,7,10-16H,6,8-9,27H2,1-3H3,(H,28,32)/t16-/m0/s1. The van der Waals surface area contributed by atoms with Gasteiger partial charge in [0.15, 0.2) is 5.65 Å². The summed E-state index contributed by atoms with van der Waals surface area (Å²) in [6.45, 7) is 6.36. The number of rotatable bonds is 7. The molecule has 7 heteroatoms. The molecular weight excluding hydrogens is 405 g/mol. The number of nitrogens with one attached hydrogen (secondary N) is 1. The number of amides is 1. The first-order valence-corrected chi connectivity index (χ1v) is 11.0. The van der Waals surface area contributed by atoms with E-state index in [1.54, 1.807) is 16.7 Å². The molecule has 166 valence electrons. The van der Waals surface area contributed by atoms with Gasteiger partial charge >= 0.3 is 0 Å². The SMILES string of the molecule is CC(C)CCC[C@H](C)NC(=O)c1c(N)n(-c2cccc(F)c2)c2nc3ccccc3nc12. The van der Waals surface area contributed by atoms with Crippen LogP contribution in [-0.4, -0.2) is 26.5 Å². The van der Waals surface area contributed by atoms with Crippen molar-refractivity contribution in [3.63, 3.8) is 0 Å². The van der Waals surface area contributed by atoms with Gasteiger partial charge in [0.25, 0.3) is 5.91 Å². The Kier molecular flexibility index (Phi) is 6.08. The molecule has 2 heterocycles. The largest absolute Gasteiger partial charge is 0.384 e. The Bertz CT molecular complexity index is 1280. The lowest BCUT2D eigenvalue weighted by Crippen LogP contribution is -2.33. The van der Waals surface area contributed by atoms with Gasteiger partial charge in [0.2, 0.25) is 0 Å². The zero-order valence-corrected chi connectivity index (χ0v) is 18.6. The normalized spacial score (nSPS) is 12.5. The number of hydrogen-bond acceptors (Lipinski definition) is 4. The molecule has 6 nitrogen and oxygen atoms in total. The van der Waals surface area contributed by atoms with Gasteiger partial charge < -0.3 is 11.1 Å². The van der Waals surface area contributed by atoms with Gasteiger partial charge in [-0.15, -0.1) is 0 Å². The van der Waals surface area contributed by atoms with Crippen LogP contribution in [-0.2, 0) is 0 Å². The Morgan fingerprint density at radius 2 is 1.78 bits per heavy atom. The number of aromatic nitrogens is 3. The van der Waals surface area contributed by atoms with Crippen LogP contribution in [0.3, 0.4) is 0 Å². The molecule has 0 saturated heterocycles. The van der Waals surface area contributed by atoms with Crippen molar-refractivity contribution in [2.75, 3.05) is 5.73 Å². The molecule has 4 aromatic rings. The van der Waals surface area contributed by atoms with Crippen molar-refractivity contribution >= 4 is 33.9 Å². The third-order valence-electron chi connectivity index (χ3n) is 5.59. The van der Waals surface area contributed by atoms with Crippen LogP contribution >= 0.6 is 0 Å². The monoisotopic (exact) mass is 433 g/mol. The van der Waals surface area contributed by atoms with E-state index in [0.29, 0.717) is 33.8 Å². The third-order valence-corrected chi connectivity index (χ3v) is 5.59. The van der Waals surface area contributed by atoms with Crippen LogP contribution in [0.15, 0.2) is 48.5 Å². The average Bonchev–Trinajstić information content (AvgIpc) is 3.02. The minimum atomic E-state index is -0.401. The molecule has 3 N–H and O–H groups in total. The summed E-state index contributed by atoms with van der Waals surface area (Å²) in [5.41, 5.74) is 9.38. The fourth-order valence-corrected chi connectivity index (χ4v) is 3.96. The Hall–Kier alpha value is -3.48. The smallest absolute Gasteiger partial charge is 0.257 e. The highest BCUT2D eigenvalue weighted by Crippen LogP contribution is 2.31. The highest BCUT2D eigenvalue weighted by Gasteiger charge is 2.25. The van der Waals surface area contributed by atoms with Gasteiger partial charge in [-0.1, -0.05) is 44.9 Å². The van der Waals surface area contributed by atoms with E-state index in [1.165, 1.54) is 12.1 Å². The maximum absolute atomic E-state index is 14.0. The highest BCUT2D eigenvalue weighted by atomic mass is 19.1. The van der Waals surface area contributed by atoms with Crippen molar-refractivity contribution in [1.82, 2.24) is 19.9 Å². The summed E-state index contributed by atoms with van der Waals surface area (Å²) in [5, 5.41) is 3.05. The quantitative estimate of drug-likeness (QED) is 0.417. The van der Waals surface area contributed by atoms with E-state index in [1.807, 2.05) is 31.2 Å². The van der Waals surface area contributed by atoms with Crippen LogP contribution in [0.1, 0.15) is 50.4 Å².